The van der Waals surface area contributed by atoms with Crippen LogP contribution in [0, 0.1) is 10.1 Å². The molecule has 0 unspecified atom stereocenters. The van der Waals surface area contributed by atoms with Gasteiger partial charge in [-0.1, -0.05) is 0 Å². The van der Waals surface area contributed by atoms with Crippen LogP contribution >= 0.6 is 0 Å². The summed E-state index contributed by atoms with van der Waals surface area (Å²) in [6.45, 7) is -0.177. The number of nitro benzene ring substituents is 1. The number of hydrogen-bond donors (Lipinski definition) is 2. The lowest BCUT2D eigenvalue weighted by Gasteiger charge is -2.09. The van der Waals surface area contributed by atoms with Crippen molar-refractivity contribution in [2.24, 2.45) is 0 Å². The molecule has 0 heterocycles. The molecule has 132 valence electrons. The van der Waals surface area contributed by atoms with E-state index >= 15 is 0 Å². The molecule has 2 N–H and O–H groups in total. The van der Waals surface area contributed by atoms with Gasteiger partial charge in [0.25, 0.3) is 21.6 Å². The zero-order valence-electron chi connectivity index (χ0n) is 13.1. The normalized spacial score (nSPS) is 10.8. The standard InChI is InChI=1S/C15H15N3O6S/c1-16-15(19)10-24-13-6-8-14(9-7-13)25(22,23)17-11-2-4-12(5-3-11)18(20)21/h2-9,17H,10H2,1H3,(H,16,19). The van der Waals surface area contributed by atoms with Gasteiger partial charge >= 0.3 is 0 Å². The fourth-order valence-electron chi connectivity index (χ4n) is 1.80. The molecular weight excluding hydrogens is 350 g/mol. The molecule has 2 aromatic carbocycles. The topological polar surface area (TPSA) is 128 Å². The first-order chi connectivity index (χ1) is 11.8. The number of carbonyl (C=O) groups is 1. The third-order valence-electron chi connectivity index (χ3n) is 3.11. The van der Waals surface area contributed by atoms with E-state index in [2.05, 4.69) is 10.0 Å². The largest absolute Gasteiger partial charge is 0.484 e. The van der Waals surface area contributed by atoms with Crippen molar-refractivity contribution in [3.63, 3.8) is 0 Å². The van der Waals surface area contributed by atoms with Crippen LogP contribution in [-0.4, -0.2) is 32.9 Å². The summed E-state index contributed by atoms with van der Waals surface area (Å²) >= 11 is 0. The number of hydrogen-bond acceptors (Lipinski definition) is 6. The Balaban J connectivity index is 2.08. The van der Waals surface area contributed by atoms with Crippen molar-refractivity contribution in [1.82, 2.24) is 5.32 Å². The Kier molecular flexibility index (Phi) is 5.55. The molecule has 2 rings (SSSR count). The number of sulfonamides is 1. The first-order valence-corrected chi connectivity index (χ1v) is 8.51. The Morgan fingerprint density at radius 2 is 1.72 bits per heavy atom. The molecule has 9 nitrogen and oxygen atoms in total. The van der Waals surface area contributed by atoms with Crippen molar-refractivity contribution in [2.75, 3.05) is 18.4 Å². The smallest absolute Gasteiger partial charge is 0.269 e. The van der Waals surface area contributed by atoms with Gasteiger partial charge in [-0.05, 0) is 36.4 Å². The van der Waals surface area contributed by atoms with Crippen LogP contribution in [0.4, 0.5) is 11.4 Å². The van der Waals surface area contributed by atoms with Crippen molar-refractivity contribution >= 4 is 27.3 Å². The summed E-state index contributed by atoms with van der Waals surface area (Å²) in [6.07, 6.45) is 0. The summed E-state index contributed by atoms with van der Waals surface area (Å²) in [6, 6.07) is 10.5. The number of likely N-dealkylation sites (N-methyl/N-ethyl adjacent to an activating group) is 1. The van der Waals surface area contributed by atoms with Gasteiger partial charge in [-0.15, -0.1) is 0 Å². The Hall–Kier alpha value is -3.14. The lowest BCUT2D eigenvalue weighted by atomic mass is 10.3. The van der Waals surface area contributed by atoms with E-state index in [1.54, 1.807) is 0 Å². The first kappa shape index (κ1) is 18.2. The number of benzene rings is 2. The number of rotatable bonds is 7. The van der Waals surface area contributed by atoms with Crippen molar-refractivity contribution in [3.05, 3.63) is 58.6 Å². The highest BCUT2D eigenvalue weighted by Gasteiger charge is 2.15. The molecule has 0 aliphatic rings. The molecule has 0 aromatic heterocycles. The van der Waals surface area contributed by atoms with E-state index in [1.165, 1.54) is 55.6 Å². The first-order valence-electron chi connectivity index (χ1n) is 7.02. The monoisotopic (exact) mass is 365 g/mol. The minimum Gasteiger partial charge on any atom is -0.484 e. The number of anilines is 1. The highest BCUT2D eigenvalue weighted by atomic mass is 32.2. The zero-order chi connectivity index (χ0) is 18.4. The van der Waals surface area contributed by atoms with Crippen LogP contribution in [0.15, 0.2) is 53.4 Å². The van der Waals surface area contributed by atoms with Gasteiger partial charge < -0.3 is 10.1 Å². The average Bonchev–Trinajstić information content (AvgIpc) is 2.60. The summed E-state index contributed by atoms with van der Waals surface area (Å²) in [5.41, 5.74) is 0.0612. The van der Waals surface area contributed by atoms with E-state index < -0.39 is 14.9 Å². The van der Waals surface area contributed by atoms with E-state index in [0.29, 0.717) is 5.75 Å². The second-order valence-electron chi connectivity index (χ2n) is 4.84. The number of non-ortho nitro benzene ring substituents is 1. The third-order valence-corrected chi connectivity index (χ3v) is 4.51. The van der Waals surface area contributed by atoms with Crippen molar-refractivity contribution in [2.45, 2.75) is 4.90 Å². The van der Waals surface area contributed by atoms with Gasteiger partial charge in [0.05, 0.1) is 9.82 Å². The molecule has 0 bridgehead atoms. The van der Waals surface area contributed by atoms with E-state index in [1.807, 2.05) is 0 Å². The predicted molar refractivity (Wildman–Crippen MR) is 89.9 cm³/mol. The number of nitro groups is 1. The molecule has 10 heteroatoms. The number of nitrogens with one attached hydrogen (secondary N) is 2. The van der Waals surface area contributed by atoms with Crippen LogP contribution in [0.2, 0.25) is 0 Å². The molecular formula is C15H15N3O6S. The van der Waals surface area contributed by atoms with Gasteiger partial charge in [0.1, 0.15) is 5.75 Å². The SMILES string of the molecule is CNC(=O)COc1ccc(S(=O)(=O)Nc2ccc([N+](=O)[O-])cc2)cc1. The molecule has 2 aromatic rings. The van der Waals surface area contributed by atoms with Gasteiger partial charge in [0, 0.05) is 24.9 Å². The Morgan fingerprint density at radius 3 is 2.24 bits per heavy atom. The van der Waals surface area contributed by atoms with Gasteiger partial charge in [-0.25, -0.2) is 8.42 Å². The molecule has 0 spiro atoms. The molecule has 0 saturated carbocycles. The summed E-state index contributed by atoms with van der Waals surface area (Å²) < 4.78 is 32.1. The van der Waals surface area contributed by atoms with E-state index in [4.69, 9.17) is 4.74 Å². The molecule has 25 heavy (non-hydrogen) atoms. The van der Waals surface area contributed by atoms with Crippen LogP contribution in [0.25, 0.3) is 0 Å². The second kappa shape index (κ2) is 7.62. The summed E-state index contributed by atoms with van der Waals surface area (Å²) in [4.78, 5) is 21.1. The van der Waals surface area contributed by atoms with Gasteiger partial charge in [0.15, 0.2) is 6.61 Å². The highest BCUT2D eigenvalue weighted by Crippen LogP contribution is 2.21. The fraction of sp³-hybridized carbons (Fsp3) is 0.133. The molecule has 0 fully saturated rings. The van der Waals surface area contributed by atoms with Gasteiger partial charge in [-0.2, -0.15) is 0 Å². The van der Waals surface area contributed by atoms with Gasteiger partial charge in [0.2, 0.25) is 0 Å². The maximum atomic E-state index is 12.3. The van der Waals surface area contributed by atoms with E-state index in [9.17, 15) is 23.3 Å². The second-order valence-corrected chi connectivity index (χ2v) is 6.53. The lowest BCUT2D eigenvalue weighted by molar-refractivity contribution is -0.384. The maximum Gasteiger partial charge on any atom is 0.269 e. The summed E-state index contributed by atoms with van der Waals surface area (Å²) in [7, 11) is -2.38. The molecule has 0 radical (unpaired) electrons. The highest BCUT2D eigenvalue weighted by molar-refractivity contribution is 7.92. The van der Waals surface area contributed by atoms with E-state index in [0.717, 1.165) is 0 Å². The quantitative estimate of drug-likeness (QED) is 0.565. The Bertz CT molecular complexity index is 863. The van der Waals surface area contributed by atoms with Crippen LogP contribution in [0.5, 0.6) is 5.75 Å². The molecule has 0 aliphatic carbocycles. The molecule has 1 amide bonds. The minimum atomic E-state index is -3.85. The molecule has 0 saturated heterocycles. The fourth-order valence-corrected chi connectivity index (χ4v) is 2.86. The molecule has 0 aliphatic heterocycles. The third kappa shape index (κ3) is 4.91. The summed E-state index contributed by atoms with van der Waals surface area (Å²) in [5, 5.41) is 13.0. The Morgan fingerprint density at radius 1 is 1.12 bits per heavy atom. The predicted octanol–water partition coefficient (Wildman–Crippen LogP) is 1.52. The Labute approximate surface area is 143 Å². The van der Waals surface area contributed by atoms with Crippen LogP contribution in [0.3, 0.4) is 0 Å². The number of amides is 1. The number of carbonyl (C=O) groups excluding carboxylic acids is 1. The zero-order valence-corrected chi connectivity index (χ0v) is 13.9. The molecule has 0 atom stereocenters. The lowest BCUT2D eigenvalue weighted by Crippen LogP contribution is -2.24. The van der Waals surface area contributed by atoms with Crippen molar-refractivity contribution in [3.8, 4) is 5.75 Å². The van der Waals surface area contributed by atoms with Crippen LogP contribution < -0.4 is 14.8 Å². The van der Waals surface area contributed by atoms with Crippen molar-refractivity contribution < 1.29 is 22.9 Å². The summed E-state index contributed by atoms with van der Waals surface area (Å²) in [5.74, 6) is 0.0365. The van der Waals surface area contributed by atoms with Crippen molar-refractivity contribution in [1.29, 1.82) is 0 Å². The number of ether oxygens (including phenoxy) is 1. The van der Waals surface area contributed by atoms with Crippen LogP contribution in [0.1, 0.15) is 0 Å². The van der Waals surface area contributed by atoms with E-state index in [-0.39, 0.29) is 28.8 Å². The maximum absolute atomic E-state index is 12.3. The minimum absolute atomic E-state index is 0.0156. The number of nitrogens with zero attached hydrogens (tertiary/aromatic N) is 1. The average molecular weight is 365 g/mol. The van der Waals surface area contributed by atoms with Crippen LogP contribution in [-0.2, 0) is 14.8 Å². The van der Waals surface area contributed by atoms with Gasteiger partial charge in [-0.3, -0.25) is 19.6 Å².